The first-order valence-electron chi connectivity index (χ1n) is 4.75. The van der Waals surface area contributed by atoms with Crippen LogP contribution in [0.2, 0.25) is 5.15 Å². The Morgan fingerprint density at radius 1 is 1.56 bits per heavy atom. The summed E-state index contributed by atoms with van der Waals surface area (Å²) < 4.78 is 2.64. The molecule has 0 aliphatic carbocycles. The van der Waals surface area contributed by atoms with Crippen LogP contribution in [-0.4, -0.2) is 14.5 Å². The van der Waals surface area contributed by atoms with E-state index in [0.717, 1.165) is 17.9 Å². The van der Waals surface area contributed by atoms with Crippen molar-refractivity contribution >= 4 is 38.6 Å². The maximum Gasteiger partial charge on any atom is 0.158 e. The second-order valence-corrected chi connectivity index (χ2v) is 4.38. The minimum absolute atomic E-state index is 0.274. The largest absolute Gasteiger partial charge is 0.327 e. The SMILES string of the molecule is CCn1c(CC#N)nc2c(Cl)nc(Br)cc21. The number of fused-ring (bicyclic) bond motifs is 1. The number of hydrogen-bond donors (Lipinski definition) is 0. The van der Waals surface area contributed by atoms with E-state index in [4.69, 9.17) is 16.9 Å². The lowest BCUT2D eigenvalue weighted by Gasteiger charge is -2.02. The number of nitriles is 1. The molecule has 16 heavy (non-hydrogen) atoms. The minimum atomic E-state index is 0.274. The van der Waals surface area contributed by atoms with Gasteiger partial charge >= 0.3 is 0 Å². The molecule has 0 spiro atoms. The first kappa shape index (κ1) is 11.4. The zero-order valence-electron chi connectivity index (χ0n) is 8.54. The van der Waals surface area contributed by atoms with Gasteiger partial charge in [-0.25, -0.2) is 9.97 Å². The molecule has 0 N–H and O–H groups in total. The zero-order valence-corrected chi connectivity index (χ0v) is 10.9. The molecular weight excluding hydrogens is 291 g/mol. The molecule has 0 saturated heterocycles. The molecule has 2 aromatic heterocycles. The summed E-state index contributed by atoms with van der Waals surface area (Å²) in [5.41, 5.74) is 1.55. The topological polar surface area (TPSA) is 54.5 Å². The monoisotopic (exact) mass is 298 g/mol. The van der Waals surface area contributed by atoms with Gasteiger partial charge in [0.05, 0.1) is 18.0 Å². The lowest BCUT2D eigenvalue weighted by atomic mass is 10.4. The molecule has 0 radical (unpaired) electrons. The average molecular weight is 300 g/mol. The van der Waals surface area contributed by atoms with Gasteiger partial charge in [0, 0.05) is 6.54 Å². The van der Waals surface area contributed by atoms with Crippen molar-refractivity contribution in [3.05, 3.63) is 21.6 Å². The van der Waals surface area contributed by atoms with Crippen LogP contribution in [0.3, 0.4) is 0 Å². The van der Waals surface area contributed by atoms with Crippen LogP contribution in [0.25, 0.3) is 11.0 Å². The number of aromatic nitrogens is 3. The number of aryl methyl sites for hydroxylation is 1. The van der Waals surface area contributed by atoms with Gasteiger partial charge in [0.1, 0.15) is 15.9 Å². The molecule has 0 amide bonds. The Labute approximate surface area is 106 Å². The van der Waals surface area contributed by atoms with Gasteiger partial charge in [-0.05, 0) is 28.9 Å². The number of rotatable bonds is 2. The molecule has 82 valence electrons. The summed E-state index contributed by atoms with van der Waals surface area (Å²) in [6.45, 7) is 2.75. The van der Waals surface area contributed by atoms with Crippen molar-refractivity contribution < 1.29 is 0 Å². The Hall–Kier alpha value is -1.12. The third-order valence-electron chi connectivity index (χ3n) is 2.30. The molecule has 0 atom stereocenters. The summed E-state index contributed by atoms with van der Waals surface area (Å²) >= 11 is 9.30. The van der Waals surface area contributed by atoms with Crippen molar-refractivity contribution in [2.75, 3.05) is 0 Å². The van der Waals surface area contributed by atoms with Crippen molar-refractivity contribution in [2.24, 2.45) is 0 Å². The molecule has 6 heteroatoms. The molecule has 0 unspecified atom stereocenters. The molecule has 2 aromatic rings. The fraction of sp³-hybridized carbons (Fsp3) is 0.300. The van der Waals surface area contributed by atoms with Gasteiger partial charge in [-0.1, -0.05) is 11.6 Å². The molecule has 4 nitrogen and oxygen atoms in total. The van der Waals surface area contributed by atoms with Crippen LogP contribution in [0.15, 0.2) is 10.7 Å². The highest BCUT2D eigenvalue weighted by molar-refractivity contribution is 9.10. The summed E-state index contributed by atoms with van der Waals surface area (Å²) in [5, 5.41) is 9.08. The molecule has 0 bridgehead atoms. The Kier molecular flexibility index (Phi) is 3.13. The lowest BCUT2D eigenvalue weighted by molar-refractivity contribution is 0.739. The van der Waals surface area contributed by atoms with E-state index in [1.807, 2.05) is 17.6 Å². The maximum atomic E-state index is 8.73. The smallest absolute Gasteiger partial charge is 0.158 e. The van der Waals surface area contributed by atoms with Crippen molar-refractivity contribution in [1.82, 2.24) is 14.5 Å². The normalized spacial score (nSPS) is 10.6. The Bertz CT molecular complexity index is 584. The van der Waals surface area contributed by atoms with E-state index in [0.29, 0.717) is 15.3 Å². The van der Waals surface area contributed by atoms with E-state index in [1.165, 1.54) is 0 Å². The summed E-state index contributed by atoms with van der Waals surface area (Å²) in [7, 11) is 0. The summed E-state index contributed by atoms with van der Waals surface area (Å²) in [5.74, 6) is 0.724. The van der Waals surface area contributed by atoms with Gasteiger partial charge < -0.3 is 4.57 Å². The highest BCUT2D eigenvalue weighted by Gasteiger charge is 2.13. The predicted octanol–water partition coefficient (Wildman–Crippen LogP) is 2.93. The number of halogens is 2. The average Bonchev–Trinajstić information content (AvgIpc) is 2.56. The van der Waals surface area contributed by atoms with Crippen LogP contribution in [0.1, 0.15) is 12.7 Å². The van der Waals surface area contributed by atoms with E-state index in [-0.39, 0.29) is 6.42 Å². The zero-order chi connectivity index (χ0) is 11.7. The highest BCUT2D eigenvalue weighted by Crippen LogP contribution is 2.25. The number of nitrogens with zero attached hydrogens (tertiary/aromatic N) is 4. The van der Waals surface area contributed by atoms with Crippen LogP contribution in [0.5, 0.6) is 0 Å². The Balaban J connectivity index is 2.77. The molecular formula is C10H8BrClN4. The maximum absolute atomic E-state index is 8.73. The van der Waals surface area contributed by atoms with Crippen LogP contribution in [0, 0.1) is 11.3 Å². The fourth-order valence-corrected chi connectivity index (χ4v) is 2.39. The third-order valence-corrected chi connectivity index (χ3v) is 2.97. The van der Waals surface area contributed by atoms with Crippen LogP contribution in [-0.2, 0) is 13.0 Å². The van der Waals surface area contributed by atoms with Crippen molar-refractivity contribution in [2.45, 2.75) is 19.9 Å². The van der Waals surface area contributed by atoms with Gasteiger partial charge in [-0.3, -0.25) is 0 Å². The van der Waals surface area contributed by atoms with Gasteiger partial charge in [-0.2, -0.15) is 5.26 Å². The molecule has 2 rings (SSSR count). The molecule has 0 aliphatic heterocycles. The predicted molar refractivity (Wildman–Crippen MR) is 65.2 cm³/mol. The van der Waals surface area contributed by atoms with Crippen LogP contribution >= 0.6 is 27.5 Å². The summed E-state index contributed by atoms with van der Waals surface area (Å²) in [6, 6.07) is 3.95. The quantitative estimate of drug-likeness (QED) is 0.801. The van der Waals surface area contributed by atoms with Crippen LogP contribution < -0.4 is 0 Å². The standard InChI is InChI=1S/C10H8BrClN4/c1-2-16-6-5-7(11)14-10(12)9(6)15-8(16)3-4-13/h5H,2-3H2,1H3. The Morgan fingerprint density at radius 2 is 2.31 bits per heavy atom. The third kappa shape index (κ3) is 1.79. The first-order chi connectivity index (χ1) is 7.67. The fourth-order valence-electron chi connectivity index (χ4n) is 1.66. The van der Waals surface area contributed by atoms with Crippen molar-refractivity contribution in [3.63, 3.8) is 0 Å². The van der Waals surface area contributed by atoms with Gasteiger partial charge in [-0.15, -0.1) is 0 Å². The van der Waals surface area contributed by atoms with Gasteiger partial charge in [0.25, 0.3) is 0 Å². The van der Waals surface area contributed by atoms with E-state index >= 15 is 0 Å². The van der Waals surface area contributed by atoms with Crippen molar-refractivity contribution in [3.8, 4) is 6.07 Å². The molecule has 0 fully saturated rings. The molecule has 0 aliphatic rings. The number of hydrogen-bond acceptors (Lipinski definition) is 3. The number of imidazole rings is 1. The van der Waals surface area contributed by atoms with Gasteiger partial charge in [0.15, 0.2) is 5.15 Å². The second kappa shape index (κ2) is 4.40. The molecule has 0 aromatic carbocycles. The first-order valence-corrected chi connectivity index (χ1v) is 5.92. The summed E-state index contributed by atoms with van der Waals surface area (Å²) in [4.78, 5) is 8.41. The lowest BCUT2D eigenvalue weighted by Crippen LogP contribution is -2.00. The minimum Gasteiger partial charge on any atom is -0.327 e. The van der Waals surface area contributed by atoms with E-state index in [1.54, 1.807) is 0 Å². The van der Waals surface area contributed by atoms with Gasteiger partial charge in [0.2, 0.25) is 0 Å². The Morgan fingerprint density at radius 3 is 2.94 bits per heavy atom. The number of pyridine rings is 1. The second-order valence-electron chi connectivity index (χ2n) is 3.21. The van der Waals surface area contributed by atoms with E-state index in [2.05, 4.69) is 32.0 Å². The van der Waals surface area contributed by atoms with Crippen LogP contribution in [0.4, 0.5) is 0 Å². The van der Waals surface area contributed by atoms with E-state index < -0.39 is 0 Å². The molecule has 0 saturated carbocycles. The molecule has 2 heterocycles. The summed E-state index contributed by atoms with van der Waals surface area (Å²) in [6.07, 6.45) is 0.274. The van der Waals surface area contributed by atoms with Crippen molar-refractivity contribution in [1.29, 1.82) is 5.26 Å². The highest BCUT2D eigenvalue weighted by atomic mass is 79.9. The van der Waals surface area contributed by atoms with E-state index in [9.17, 15) is 0 Å².